The van der Waals surface area contributed by atoms with Gasteiger partial charge in [-0.15, -0.1) is 0 Å². The summed E-state index contributed by atoms with van der Waals surface area (Å²) in [5.74, 6) is 1.14. The van der Waals surface area contributed by atoms with Crippen LogP contribution in [0.4, 0.5) is 5.69 Å². The number of carbonyl (C=O) groups excluding carboxylic acids is 1. The molecule has 2 aromatic carbocycles. The largest absolute Gasteiger partial charge is 0.454 e. The van der Waals surface area contributed by atoms with Gasteiger partial charge in [-0.25, -0.2) is 0 Å². The molecule has 0 aliphatic carbocycles. The lowest BCUT2D eigenvalue weighted by Crippen LogP contribution is -3.27. The van der Waals surface area contributed by atoms with E-state index in [1.807, 2.05) is 18.2 Å². The molecule has 0 saturated carbocycles. The first-order valence-corrected chi connectivity index (χ1v) is 10.1. The van der Waals surface area contributed by atoms with Crippen molar-refractivity contribution in [2.24, 2.45) is 0 Å². The van der Waals surface area contributed by atoms with Crippen LogP contribution in [0, 0.1) is 10.1 Å². The number of nitrogens with zero attached hydrogens (tertiary/aromatic N) is 1. The zero-order chi connectivity index (χ0) is 21.1. The standard InChI is InChI=1S/C21H24N4O5/c1-23-7-9-24(10-8-23)18(15-5-6-19-20(12-15)30-14-29-19)13-22-21(26)16-3-2-4-17(11-16)25(27)28/h2-6,11-12,18H,7-10,13-14H2,1H3,(H,22,26)/p+2/t18-/m1/s1. The van der Waals surface area contributed by atoms with Crippen LogP contribution in [0.3, 0.4) is 0 Å². The van der Waals surface area contributed by atoms with Crippen molar-refractivity contribution >= 4 is 11.6 Å². The van der Waals surface area contributed by atoms with E-state index < -0.39 is 4.92 Å². The van der Waals surface area contributed by atoms with Crippen molar-refractivity contribution in [2.75, 3.05) is 46.6 Å². The minimum absolute atomic E-state index is 0.0512. The van der Waals surface area contributed by atoms with E-state index in [-0.39, 0.29) is 30.0 Å². The van der Waals surface area contributed by atoms with Crippen molar-refractivity contribution < 1.29 is 29.0 Å². The van der Waals surface area contributed by atoms with Crippen LogP contribution >= 0.6 is 0 Å². The lowest BCUT2D eigenvalue weighted by atomic mass is 10.0. The molecule has 2 heterocycles. The number of hydrogen-bond donors (Lipinski definition) is 3. The Balaban J connectivity index is 1.52. The second kappa shape index (κ2) is 8.68. The zero-order valence-electron chi connectivity index (χ0n) is 16.8. The van der Waals surface area contributed by atoms with E-state index in [9.17, 15) is 14.9 Å². The summed E-state index contributed by atoms with van der Waals surface area (Å²) in [5, 5.41) is 14.0. The van der Waals surface area contributed by atoms with Gasteiger partial charge in [0.05, 0.1) is 18.5 Å². The number of nitro benzene ring substituents is 1. The maximum absolute atomic E-state index is 12.7. The van der Waals surface area contributed by atoms with E-state index in [1.54, 1.807) is 6.07 Å². The normalized spacial score (nSPS) is 21.1. The highest BCUT2D eigenvalue weighted by molar-refractivity contribution is 5.94. The number of quaternary nitrogens is 2. The van der Waals surface area contributed by atoms with Crippen molar-refractivity contribution in [2.45, 2.75) is 6.04 Å². The smallest absolute Gasteiger partial charge is 0.270 e. The summed E-state index contributed by atoms with van der Waals surface area (Å²) >= 11 is 0. The molecule has 1 amide bonds. The predicted octanol–water partition coefficient (Wildman–Crippen LogP) is -0.792. The molecule has 0 aromatic heterocycles. The van der Waals surface area contributed by atoms with Gasteiger partial charge in [0.2, 0.25) is 6.79 Å². The van der Waals surface area contributed by atoms with E-state index in [0.29, 0.717) is 6.54 Å². The predicted molar refractivity (Wildman–Crippen MR) is 108 cm³/mol. The van der Waals surface area contributed by atoms with Crippen molar-refractivity contribution in [3.8, 4) is 11.5 Å². The molecule has 2 aliphatic heterocycles. The van der Waals surface area contributed by atoms with E-state index in [1.165, 1.54) is 28.0 Å². The molecule has 1 atom stereocenters. The Bertz CT molecular complexity index is 943. The first-order chi connectivity index (χ1) is 14.5. The SMILES string of the molecule is C[NH+]1CC[NH+]([C@H](CNC(=O)c2cccc([N+](=O)[O-])c2)c2ccc3c(c2)OCO3)CC1. The fourth-order valence-electron chi connectivity index (χ4n) is 4.03. The highest BCUT2D eigenvalue weighted by atomic mass is 16.7. The summed E-state index contributed by atoms with van der Waals surface area (Å²) in [5.41, 5.74) is 1.27. The van der Waals surface area contributed by atoms with Gasteiger partial charge in [0.25, 0.3) is 11.6 Å². The third-order valence-electron chi connectivity index (χ3n) is 5.82. The molecule has 158 valence electrons. The molecular formula is C21H26N4O5+2. The second-order valence-electron chi connectivity index (χ2n) is 7.80. The minimum Gasteiger partial charge on any atom is -0.454 e. The molecule has 30 heavy (non-hydrogen) atoms. The molecule has 0 unspecified atom stereocenters. The van der Waals surface area contributed by atoms with E-state index in [0.717, 1.165) is 43.2 Å². The van der Waals surface area contributed by atoms with Crippen LogP contribution in [0.5, 0.6) is 11.5 Å². The number of piperazine rings is 1. The second-order valence-corrected chi connectivity index (χ2v) is 7.80. The van der Waals surface area contributed by atoms with Crippen molar-refractivity contribution in [1.82, 2.24) is 5.32 Å². The third kappa shape index (κ3) is 4.37. The Morgan fingerprint density at radius 3 is 2.67 bits per heavy atom. The Labute approximate surface area is 174 Å². The Morgan fingerprint density at radius 2 is 1.90 bits per heavy atom. The number of rotatable bonds is 6. The summed E-state index contributed by atoms with van der Waals surface area (Å²) in [6.45, 7) is 4.77. The molecule has 0 radical (unpaired) electrons. The van der Waals surface area contributed by atoms with E-state index in [2.05, 4.69) is 12.4 Å². The number of amides is 1. The van der Waals surface area contributed by atoms with Gasteiger partial charge in [0.15, 0.2) is 11.5 Å². The average Bonchev–Trinajstić information content (AvgIpc) is 3.23. The molecule has 9 heteroatoms. The number of fused-ring (bicyclic) bond motifs is 1. The van der Waals surface area contributed by atoms with Gasteiger partial charge in [-0.05, 0) is 24.3 Å². The number of ether oxygens (including phenoxy) is 2. The lowest BCUT2D eigenvalue weighted by Gasteiger charge is -2.33. The number of carbonyl (C=O) groups is 1. The summed E-state index contributed by atoms with van der Waals surface area (Å²) < 4.78 is 11.0. The number of hydrogen-bond acceptors (Lipinski definition) is 5. The fourth-order valence-corrected chi connectivity index (χ4v) is 4.03. The minimum atomic E-state index is -0.497. The average molecular weight is 414 g/mol. The van der Waals surface area contributed by atoms with Gasteiger partial charge in [0, 0.05) is 23.3 Å². The van der Waals surface area contributed by atoms with Crippen LogP contribution in [0.25, 0.3) is 0 Å². The summed E-state index contributed by atoms with van der Waals surface area (Å²) in [6.07, 6.45) is 0. The van der Waals surface area contributed by atoms with Gasteiger partial charge in [-0.2, -0.15) is 0 Å². The van der Waals surface area contributed by atoms with Gasteiger partial charge < -0.3 is 24.6 Å². The quantitative estimate of drug-likeness (QED) is 0.425. The first kappa shape index (κ1) is 20.1. The molecule has 0 spiro atoms. The van der Waals surface area contributed by atoms with E-state index in [4.69, 9.17) is 9.47 Å². The molecule has 1 saturated heterocycles. The van der Waals surface area contributed by atoms with Crippen LogP contribution in [-0.4, -0.2) is 57.4 Å². The number of nitro groups is 1. The van der Waals surface area contributed by atoms with Crippen LogP contribution in [0.2, 0.25) is 0 Å². The third-order valence-corrected chi connectivity index (χ3v) is 5.82. The molecule has 3 N–H and O–H groups in total. The number of nitrogens with one attached hydrogen (secondary N) is 3. The van der Waals surface area contributed by atoms with Gasteiger partial charge in [0.1, 0.15) is 32.2 Å². The van der Waals surface area contributed by atoms with Gasteiger partial charge in [-0.3, -0.25) is 14.9 Å². The van der Waals surface area contributed by atoms with Crippen LogP contribution in [0.1, 0.15) is 22.0 Å². The summed E-state index contributed by atoms with van der Waals surface area (Å²) in [4.78, 5) is 26.1. The summed E-state index contributed by atoms with van der Waals surface area (Å²) in [7, 11) is 2.19. The Hall–Kier alpha value is -3.17. The molecule has 2 aliphatic rings. The van der Waals surface area contributed by atoms with Gasteiger partial charge >= 0.3 is 0 Å². The monoisotopic (exact) mass is 414 g/mol. The molecule has 1 fully saturated rings. The Morgan fingerprint density at radius 1 is 1.13 bits per heavy atom. The van der Waals surface area contributed by atoms with E-state index >= 15 is 0 Å². The maximum atomic E-state index is 12.7. The fraction of sp³-hybridized carbons (Fsp3) is 0.381. The van der Waals surface area contributed by atoms with Crippen molar-refractivity contribution in [1.29, 1.82) is 0 Å². The molecule has 9 nitrogen and oxygen atoms in total. The lowest BCUT2D eigenvalue weighted by molar-refractivity contribution is -1.02. The number of non-ortho nitro benzene ring substituents is 1. The number of likely N-dealkylation sites (N-methyl/N-ethyl adjacent to an activating group) is 1. The van der Waals surface area contributed by atoms with Crippen molar-refractivity contribution in [3.05, 3.63) is 63.7 Å². The first-order valence-electron chi connectivity index (χ1n) is 10.1. The van der Waals surface area contributed by atoms with Crippen molar-refractivity contribution in [3.63, 3.8) is 0 Å². The molecule has 0 bridgehead atoms. The van der Waals surface area contributed by atoms with Crippen LogP contribution in [-0.2, 0) is 0 Å². The Kier molecular flexibility index (Phi) is 5.82. The maximum Gasteiger partial charge on any atom is 0.270 e. The zero-order valence-corrected chi connectivity index (χ0v) is 16.8. The molecular weight excluding hydrogens is 388 g/mol. The summed E-state index contributed by atoms with van der Waals surface area (Å²) in [6, 6.07) is 11.8. The van der Waals surface area contributed by atoms with Gasteiger partial charge in [-0.1, -0.05) is 6.07 Å². The van der Waals surface area contributed by atoms with Crippen LogP contribution < -0.4 is 24.6 Å². The molecule has 4 rings (SSSR count). The highest BCUT2D eigenvalue weighted by Crippen LogP contribution is 2.33. The molecule has 2 aromatic rings. The number of benzene rings is 2. The topological polar surface area (TPSA) is 99.6 Å². The van der Waals surface area contributed by atoms with Crippen LogP contribution in [0.15, 0.2) is 42.5 Å². The highest BCUT2D eigenvalue weighted by Gasteiger charge is 2.31.